The fraction of sp³-hybridized carbons (Fsp3) is 0.118. The second-order valence-corrected chi connectivity index (χ2v) is 6.69. The molecule has 0 spiro atoms. The van der Waals surface area contributed by atoms with E-state index in [1.165, 1.54) is 12.1 Å². The third-order valence-electron chi connectivity index (χ3n) is 3.39. The summed E-state index contributed by atoms with van der Waals surface area (Å²) < 4.78 is 46.5. The number of halogens is 1. The van der Waals surface area contributed by atoms with Crippen LogP contribution >= 0.6 is 0 Å². The summed E-state index contributed by atoms with van der Waals surface area (Å²) >= 11 is 0. The maximum atomic E-state index is 13.9. The number of pyridine rings is 1. The monoisotopic (exact) mass is 346 g/mol. The number of rotatable bonds is 5. The molecular formula is C17H15FN2O3S. The average molecular weight is 346 g/mol. The van der Waals surface area contributed by atoms with Crippen LogP contribution in [-0.2, 0) is 10.0 Å². The maximum absolute atomic E-state index is 13.9. The molecule has 5 nitrogen and oxygen atoms in total. The summed E-state index contributed by atoms with van der Waals surface area (Å²) in [5, 5.41) is 0.801. The minimum Gasteiger partial charge on any atom is -0.491 e. The normalized spacial score (nSPS) is 11.4. The fourth-order valence-electron chi connectivity index (χ4n) is 2.31. The molecule has 2 aromatic carbocycles. The Balaban J connectivity index is 1.98. The Hall–Kier alpha value is -2.67. The number of para-hydroxylation sites is 1. The van der Waals surface area contributed by atoms with Gasteiger partial charge in [-0.25, -0.2) is 12.8 Å². The van der Waals surface area contributed by atoms with E-state index < -0.39 is 15.8 Å². The molecule has 0 aliphatic carbocycles. The van der Waals surface area contributed by atoms with Gasteiger partial charge in [0.25, 0.3) is 10.0 Å². The Bertz CT molecular complexity index is 985. The van der Waals surface area contributed by atoms with Crippen LogP contribution < -0.4 is 9.46 Å². The first-order valence-electron chi connectivity index (χ1n) is 7.30. The number of ether oxygens (including phenoxy) is 1. The van der Waals surface area contributed by atoms with Crippen molar-refractivity contribution >= 4 is 26.6 Å². The van der Waals surface area contributed by atoms with Crippen molar-refractivity contribution in [3.63, 3.8) is 0 Å². The van der Waals surface area contributed by atoms with Gasteiger partial charge in [0.1, 0.15) is 0 Å². The Morgan fingerprint density at radius 3 is 2.71 bits per heavy atom. The van der Waals surface area contributed by atoms with Crippen molar-refractivity contribution in [2.24, 2.45) is 0 Å². The lowest BCUT2D eigenvalue weighted by Gasteiger charge is -2.11. The van der Waals surface area contributed by atoms with Crippen LogP contribution in [0, 0.1) is 5.82 Å². The van der Waals surface area contributed by atoms with E-state index in [-0.39, 0.29) is 10.6 Å². The molecule has 1 N–H and O–H groups in total. The van der Waals surface area contributed by atoms with Gasteiger partial charge in [0.2, 0.25) is 0 Å². The topological polar surface area (TPSA) is 68.3 Å². The summed E-state index contributed by atoms with van der Waals surface area (Å²) in [5.41, 5.74) is 0.859. The van der Waals surface area contributed by atoms with E-state index >= 15 is 0 Å². The van der Waals surface area contributed by atoms with Crippen LogP contribution in [0.5, 0.6) is 5.75 Å². The molecule has 0 fully saturated rings. The molecule has 24 heavy (non-hydrogen) atoms. The number of hydrogen-bond acceptors (Lipinski definition) is 4. The molecule has 0 aliphatic heterocycles. The highest BCUT2D eigenvalue weighted by molar-refractivity contribution is 7.92. The summed E-state index contributed by atoms with van der Waals surface area (Å²) in [6.07, 6.45) is 1.58. The average Bonchev–Trinajstić information content (AvgIpc) is 2.57. The lowest BCUT2D eigenvalue weighted by atomic mass is 10.2. The van der Waals surface area contributed by atoms with E-state index in [2.05, 4.69) is 9.71 Å². The minimum atomic E-state index is -3.94. The molecule has 0 unspecified atom stereocenters. The summed E-state index contributed by atoms with van der Waals surface area (Å²) in [4.78, 5) is 4.01. The summed E-state index contributed by atoms with van der Waals surface area (Å²) in [6, 6.07) is 12.3. The molecule has 0 atom stereocenters. The van der Waals surface area contributed by atoms with E-state index in [4.69, 9.17) is 4.74 Å². The van der Waals surface area contributed by atoms with Gasteiger partial charge in [0.05, 0.1) is 22.7 Å². The largest absolute Gasteiger partial charge is 0.491 e. The van der Waals surface area contributed by atoms with E-state index in [9.17, 15) is 12.8 Å². The number of anilines is 1. The SMILES string of the molecule is CCOc1ccc(S(=O)(=O)Nc2cccc3cccnc23)cc1F. The van der Waals surface area contributed by atoms with Crippen molar-refractivity contribution < 1.29 is 17.5 Å². The molecule has 0 radical (unpaired) electrons. The highest BCUT2D eigenvalue weighted by Gasteiger charge is 2.18. The van der Waals surface area contributed by atoms with Crippen LogP contribution in [0.2, 0.25) is 0 Å². The first-order chi connectivity index (χ1) is 11.5. The molecule has 124 valence electrons. The van der Waals surface area contributed by atoms with Crippen molar-refractivity contribution in [1.29, 1.82) is 0 Å². The molecule has 0 saturated heterocycles. The van der Waals surface area contributed by atoms with E-state index in [1.807, 2.05) is 12.1 Å². The third kappa shape index (κ3) is 3.16. The zero-order valence-corrected chi connectivity index (χ0v) is 13.7. The molecule has 0 saturated carbocycles. The molecular weight excluding hydrogens is 331 g/mol. The van der Waals surface area contributed by atoms with Gasteiger partial charge in [-0.2, -0.15) is 0 Å². The first kappa shape index (κ1) is 16.2. The smallest absolute Gasteiger partial charge is 0.262 e. The summed E-state index contributed by atoms with van der Waals surface area (Å²) in [6.45, 7) is 2.02. The highest BCUT2D eigenvalue weighted by atomic mass is 32.2. The predicted molar refractivity (Wildman–Crippen MR) is 90.1 cm³/mol. The van der Waals surface area contributed by atoms with Crippen molar-refractivity contribution in [1.82, 2.24) is 4.98 Å². The maximum Gasteiger partial charge on any atom is 0.262 e. The summed E-state index contributed by atoms with van der Waals surface area (Å²) in [5.74, 6) is -0.709. The highest BCUT2D eigenvalue weighted by Crippen LogP contribution is 2.26. The van der Waals surface area contributed by atoms with E-state index in [1.54, 1.807) is 31.3 Å². The number of sulfonamides is 1. The molecule has 0 bridgehead atoms. The number of fused-ring (bicyclic) bond motifs is 1. The fourth-order valence-corrected chi connectivity index (χ4v) is 3.39. The van der Waals surface area contributed by atoms with Crippen molar-refractivity contribution in [2.45, 2.75) is 11.8 Å². The van der Waals surface area contributed by atoms with Crippen molar-refractivity contribution in [3.05, 3.63) is 60.5 Å². The van der Waals surface area contributed by atoms with Crippen LogP contribution in [0.4, 0.5) is 10.1 Å². The minimum absolute atomic E-state index is 0.0169. The van der Waals surface area contributed by atoms with Gasteiger partial charge in [-0.3, -0.25) is 9.71 Å². The number of nitrogens with zero attached hydrogens (tertiary/aromatic N) is 1. The zero-order valence-electron chi connectivity index (χ0n) is 12.9. The Morgan fingerprint density at radius 1 is 1.17 bits per heavy atom. The molecule has 7 heteroatoms. The van der Waals surface area contributed by atoms with Gasteiger partial charge in [-0.05, 0) is 37.3 Å². The predicted octanol–water partition coefficient (Wildman–Crippen LogP) is 3.57. The molecule has 0 aliphatic rings. The molecule has 0 amide bonds. The van der Waals surface area contributed by atoms with Crippen molar-refractivity contribution in [3.8, 4) is 5.75 Å². The van der Waals surface area contributed by atoms with Gasteiger partial charge in [0, 0.05) is 11.6 Å². The lowest BCUT2D eigenvalue weighted by molar-refractivity contribution is 0.321. The molecule has 3 rings (SSSR count). The van der Waals surface area contributed by atoms with Gasteiger partial charge < -0.3 is 4.74 Å². The van der Waals surface area contributed by atoms with Gasteiger partial charge in [-0.1, -0.05) is 18.2 Å². The Kier molecular flexibility index (Phi) is 4.35. The number of aromatic nitrogens is 1. The number of hydrogen-bond donors (Lipinski definition) is 1. The van der Waals surface area contributed by atoms with Crippen molar-refractivity contribution in [2.75, 3.05) is 11.3 Å². The standard InChI is InChI=1S/C17H15FN2O3S/c1-2-23-16-9-8-13(11-14(16)18)24(21,22)20-15-7-3-5-12-6-4-10-19-17(12)15/h3-11,20H,2H2,1H3. The van der Waals surface area contributed by atoms with Gasteiger partial charge in [0.15, 0.2) is 11.6 Å². The zero-order chi connectivity index (χ0) is 17.2. The third-order valence-corrected chi connectivity index (χ3v) is 4.75. The van der Waals surface area contributed by atoms with Crippen LogP contribution in [-0.4, -0.2) is 20.0 Å². The first-order valence-corrected chi connectivity index (χ1v) is 8.78. The van der Waals surface area contributed by atoms with E-state index in [0.717, 1.165) is 11.5 Å². The lowest BCUT2D eigenvalue weighted by Crippen LogP contribution is -2.14. The Labute approximate surface area is 139 Å². The Morgan fingerprint density at radius 2 is 1.96 bits per heavy atom. The van der Waals surface area contributed by atoms with Gasteiger partial charge >= 0.3 is 0 Å². The molecule has 1 aromatic heterocycles. The van der Waals surface area contributed by atoms with Crippen LogP contribution in [0.3, 0.4) is 0 Å². The van der Waals surface area contributed by atoms with Crippen LogP contribution in [0.1, 0.15) is 6.92 Å². The van der Waals surface area contributed by atoms with Gasteiger partial charge in [-0.15, -0.1) is 0 Å². The second-order valence-electron chi connectivity index (χ2n) is 5.01. The number of nitrogens with one attached hydrogen (secondary N) is 1. The van der Waals surface area contributed by atoms with E-state index in [0.29, 0.717) is 17.8 Å². The number of benzene rings is 2. The second kappa shape index (κ2) is 6.45. The van der Waals surface area contributed by atoms with Crippen LogP contribution in [0.15, 0.2) is 59.6 Å². The quantitative estimate of drug-likeness (QED) is 0.767. The summed E-state index contributed by atoms with van der Waals surface area (Å²) in [7, 11) is -3.94. The molecule has 1 heterocycles. The van der Waals surface area contributed by atoms with Crippen LogP contribution in [0.25, 0.3) is 10.9 Å². The molecule has 3 aromatic rings.